The average Bonchev–Trinajstić information content (AvgIpc) is 2.37. The molecule has 0 saturated carbocycles. The Morgan fingerprint density at radius 2 is 1.95 bits per heavy atom. The quantitative estimate of drug-likeness (QED) is 0.849. The Balaban J connectivity index is 2.21. The predicted molar refractivity (Wildman–Crippen MR) is 70.5 cm³/mol. The highest BCUT2D eigenvalue weighted by Gasteiger charge is 2.32. The molecular weight excluding hydrogens is 310 g/mol. The number of alkyl halides is 3. The molecule has 0 radical (unpaired) electrons. The van der Waals surface area contributed by atoms with Crippen LogP contribution in [0.15, 0.2) is 30.5 Å². The number of hydrogen-bond donors (Lipinski definition) is 1. The second-order valence-electron chi connectivity index (χ2n) is 4.30. The Morgan fingerprint density at radius 1 is 1.24 bits per heavy atom. The van der Waals surface area contributed by atoms with Gasteiger partial charge in [0, 0.05) is 11.2 Å². The molecule has 0 spiro atoms. The van der Waals surface area contributed by atoms with Crippen molar-refractivity contribution in [2.45, 2.75) is 19.1 Å². The first-order valence-corrected chi connectivity index (χ1v) is 6.27. The number of halogens is 5. The first-order chi connectivity index (χ1) is 9.77. The van der Waals surface area contributed by atoms with Crippen LogP contribution in [0.1, 0.15) is 24.2 Å². The molecule has 0 fully saturated rings. The predicted octanol–water partition coefficient (Wildman–Crippen LogP) is 4.46. The molecule has 2 aromatic rings. The summed E-state index contributed by atoms with van der Waals surface area (Å²) in [5, 5.41) is 2.87. The second kappa shape index (κ2) is 5.85. The summed E-state index contributed by atoms with van der Waals surface area (Å²) in [6.07, 6.45) is -3.53. The Morgan fingerprint density at radius 3 is 2.57 bits per heavy atom. The van der Waals surface area contributed by atoms with Crippen molar-refractivity contribution in [3.63, 3.8) is 0 Å². The van der Waals surface area contributed by atoms with Crippen LogP contribution in [0.5, 0.6) is 0 Å². The van der Waals surface area contributed by atoms with E-state index in [1.807, 2.05) is 0 Å². The highest BCUT2D eigenvalue weighted by Crippen LogP contribution is 2.29. The van der Waals surface area contributed by atoms with E-state index in [1.165, 1.54) is 12.1 Å². The maximum absolute atomic E-state index is 13.0. The summed E-state index contributed by atoms with van der Waals surface area (Å²) in [5.74, 6) is -0.677. The molecule has 3 nitrogen and oxygen atoms in total. The minimum atomic E-state index is -4.55. The van der Waals surface area contributed by atoms with Gasteiger partial charge in [0.2, 0.25) is 5.95 Å². The van der Waals surface area contributed by atoms with Crippen molar-refractivity contribution in [2.24, 2.45) is 0 Å². The van der Waals surface area contributed by atoms with Gasteiger partial charge in [-0.15, -0.1) is 0 Å². The number of anilines is 1. The molecule has 0 aliphatic rings. The molecule has 8 heteroatoms. The first-order valence-electron chi connectivity index (χ1n) is 5.89. The Hall–Kier alpha value is -1.89. The molecule has 1 atom stereocenters. The van der Waals surface area contributed by atoms with E-state index in [2.05, 4.69) is 15.3 Å². The fourth-order valence-corrected chi connectivity index (χ4v) is 2.04. The van der Waals surface area contributed by atoms with Gasteiger partial charge in [0.1, 0.15) is 11.5 Å². The van der Waals surface area contributed by atoms with E-state index in [0.29, 0.717) is 5.56 Å². The van der Waals surface area contributed by atoms with Crippen molar-refractivity contribution in [1.82, 2.24) is 9.97 Å². The molecule has 1 unspecified atom stereocenters. The van der Waals surface area contributed by atoms with Crippen LogP contribution in [0.2, 0.25) is 5.02 Å². The van der Waals surface area contributed by atoms with Crippen LogP contribution in [0.3, 0.4) is 0 Å². The standard InChI is InChI=1S/C13H10ClF4N3/c1-7(9-3-2-8(15)6-10(9)14)20-12-19-5-4-11(21-12)13(16,17)18/h2-7H,1H3,(H,19,20,21). The second-order valence-corrected chi connectivity index (χ2v) is 4.70. The molecule has 1 aromatic carbocycles. The third-order valence-corrected chi connectivity index (χ3v) is 3.05. The van der Waals surface area contributed by atoms with E-state index in [0.717, 1.165) is 18.3 Å². The molecule has 1 heterocycles. The number of hydrogen-bond acceptors (Lipinski definition) is 3. The normalized spacial score (nSPS) is 13.0. The summed E-state index contributed by atoms with van der Waals surface area (Å²) in [4.78, 5) is 7.12. The zero-order valence-corrected chi connectivity index (χ0v) is 11.5. The number of rotatable bonds is 3. The van der Waals surface area contributed by atoms with E-state index < -0.39 is 23.7 Å². The van der Waals surface area contributed by atoms with Gasteiger partial charge in [0.15, 0.2) is 0 Å². The van der Waals surface area contributed by atoms with Crippen molar-refractivity contribution in [3.8, 4) is 0 Å². The fraction of sp³-hybridized carbons (Fsp3) is 0.231. The summed E-state index contributed by atoms with van der Waals surface area (Å²) >= 11 is 5.89. The highest BCUT2D eigenvalue weighted by atomic mass is 35.5. The molecular formula is C13H10ClF4N3. The molecule has 21 heavy (non-hydrogen) atoms. The van der Waals surface area contributed by atoms with Crippen LogP contribution in [-0.4, -0.2) is 9.97 Å². The molecule has 1 aromatic heterocycles. The molecule has 0 bridgehead atoms. The van der Waals surface area contributed by atoms with Gasteiger partial charge in [-0.2, -0.15) is 13.2 Å². The van der Waals surface area contributed by atoms with Crippen LogP contribution in [-0.2, 0) is 6.18 Å². The van der Waals surface area contributed by atoms with Gasteiger partial charge in [-0.25, -0.2) is 14.4 Å². The minimum absolute atomic E-state index is 0.168. The van der Waals surface area contributed by atoms with Crippen LogP contribution in [0.25, 0.3) is 0 Å². The lowest BCUT2D eigenvalue weighted by Gasteiger charge is -2.16. The minimum Gasteiger partial charge on any atom is -0.348 e. The van der Waals surface area contributed by atoms with E-state index in [-0.39, 0.29) is 11.0 Å². The highest BCUT2D eigenvalue weighted by molar-refractivity contribution is 6.31. The van der Waals surface area contributed by atoms with Crippen molar-refractivity contribution < 1.29 is 17.6 Å². The van der Waals surface area contributed by atoms with Gasteiger partial charge in [-0.05, 0) is 30.7 Å². The van der Waals surface area contributed by atoms with E-state index >= 15 is 0 Å². The van der Waals surface area contributed by atoms with Crippen LogP contribution in [0, 0.1) is 5.82 Å². The Labute approximate surface area is 123 Å². The number of aromatic nitrogens is 2. The monoisotopic (exact) mass is 319 g/mol. The summed E-state index contributed by atoms with van der Waals surface area (Å²) in [6, 6.07) is 4.08. The fourth-order valence-electron chi connectivity index (χ4n) is 1.71. The third kappa shape index (κ3) is 3.81. The van der Waals surface area contributed by atoms with Crippen molar-refractivity contribution in [1.29, 1.82) is 0 Å². The molecule has 2 rings (SSSR count). The van der Waals surface area contributed by atoms with Crippen molar-refractivity contribution in [3.05, 3.63) is 52.6 Å². The van der Waals surface area contributed by atoms with E-state index in [9.17, 15) is 17.6 Å². The third-order valence-electron chi connectivity index (χ3n) is 2.72. The zero-order valence-electron chi connectivity index (χ0n) is 10.7. The number of nitrogens with one attached hydrogen (secondary N) is 1. The molecule has 112 valence electrons. The Kier molecular flexibility index (Phi) is 4.32. The van der Waals surface area contributed by atoms with E-state index in [1.54, 1.807) is 6.92 Å². The topological polar surface area (TPSA) is 37.8 Å². The lowest BCUT2D eigenvalue weighted by atomic mass is 10.1. The summed E-state index contributed by atoms with van der Waals surface area (Å²) in [6.45, 7) is 1.66. The largest absolute Gasteiger partial charge is 0.433 e. The number of nitrogens with zero attached hydrogens (tertiary/aromatic N) is 2. The van der Waals surface area contributed by atoms with E-state index in [4.69, 9.17) is 11.6 Å². The summed E-state index contributed by atoms with van der Waals surface area (Å²) in [7, 11) is 0. The first kappa shape index (κ1) is 15.5. The van der Waals surface area contributed by atoms with Gasteiger partial charge in [-0.1, -0.05) is 17.7 Å². The molecule has 0 aliphatic carbocycles. The van der Waals surface area contributed by atoms with Gasteiger partial charge in [-0.3, -0.25) is 0 Å². The molecule has 0 amide bonds. The maximum atomic E-state index is 13.0. The van der Waals surface area contributed by atoms with Gasteiger partial charge in [0.05, 0.1) is 6.04 Å². The van der Waals surface area contributed by atoms with Crippen LogP contribution >= 0.6 is 11.6 Å². The number of benzene rings is 1. The Bertz CT molecular complexity index is 646. The van der Waals surface area contributed by atoms with Crippen LogP contribution < -0.4 is 5.32 Å². The maximum Gasteiger partial charge on any atom is 0.433 e. The van der Waals surface area contributed by atoms with Crippen LogP contribution in [0.4, 0.5) is 23.5 Å². The van der Waals surface area contributed by atoms with Crippen molar-refractivity contribution >= 4 is 17.5 Å². The van der Waals surface area contributed by atoms with Gasteiger partial charge < -0.3 is 5.32 Å². The van der Waals surface area contributed by atoms with Gasteiger partial charge >= 0.3 is 6.18 Å². The van der Waals surface area contributed by atoms with Gasteiger partial charge in [0.25, 0.3) is 0 Å². The van der Waals surface area contributed by atoms with Crippen molar-refractivity contribution in [2.75, 3.05) is 5.32 Å². The lowest BCUT2D eigenvalue weighted by molar-refractivity contribution is -0.141. The lowest BCUT2D eigenvalue weighted by Crippen LogP contribution is -2.14. The zero-order chi connectivity index (χ0) is 15.6. The molecule has 1 N–H and O–H groups in total. The molecule has 0 aliphatic heterocycles. The smallest absolute Gasteiger partial charge is 0.348 e. The SMILES string of the molecule is CC(Nc1nccc(C(F)(F)F)n1)c1ccc(F)cc1Cl. The average molecular weight is 320 g/mol. The summed E-state index contributed by atoms with van der Waals surface area (Å²) < 4.78 is 50.6. The molecule has 0 saturated heterocycles. The summed E-state index contributed by atoms with van der Waals surface area (Å²) in [5.41, 5.74) is -0.517.